The predicted molar refractivity (Wildman–Crippen MR) is 130 cm³/mol. The maximum atomic E-state index is 13.5. The van der Waals surface area contributed by atoms with Crippen LogP contribution in [0.1, 0.15) is 32.8 Å². The van der Waals surface area contributed by atoms with Crippen LogP contribution in [0.15, 0.2) is 48.5 Å². The van der Waals surface area contributed by atoms with E-state index in [-0.39, 0.29) is 30.4 Å². The SMILES string of the molecule is CC[C@@H](C(=O)NC(C)C)N(Cc1ccc(F)cc1)C(=O)CN(c1cccc([N+](=O)[O-])c1)S(C)(=O)=O. The highest BCUT2D eigenvalue weighted by Gasteiger charge is 2.32. The molecule has 0 fully saturated rings. The summed E-state index contributed by atoms with van der Waals surface area (Å²) in [5, 5.41) is 13.9. The summed E-state index contributed by atoms with van der Waals surface area (Å²) in [7, 11) is -4.03. The van der Waals surface area contributed by atoms with E-state index in [0.717, 1.165) is 16.6 Å². The van der Waals surface area contributed by atoms with Gasteiger partial charge in [-0.15, -0.1) is 0 Å². The van der Waals surface area contributed by atoms with Crippen molar-refractivity contribution in [2.45, 2.75) is 45.8 Å². The summed E-state index contributed by atoms with van der Waals surface area (Å²) in [6, 6.07) is 9.18. The van der Waals surface area contributed by atoms with E-state index in [2.05, 4.69) is 5.32 Å². The Bertz CT molecular complexity index is 1170. The summed E-state index contributed by atoms with van der Waals surface area (Å²) in [4.78, 5) is 38.1. The molecule has 10 nitrogen and oxygen atoms in total. The molecule has 2 aromatic rings. The average molecular weight is 509 g/mol. The number of hydrogen-bond donors (Lipinski definition) is 1. The van der Waals surface area contributed by atoms with E-state index in [1.54, 1.807) is 20.8 Å². The average Bonchev–Trinajstić information content (AvgIpc) is 2.77. The largest absolute Gasteiger partial charge is 0.352 e. The summed E-state index contributed by atoms with van der Waals surface area (Å²) in [6.07, 6.45) is 1.12. The number of rotatable bonds is 11. The van der Waals surface area contributed by atoms with E-state index in [0.29, 0.717) is 5.56 Å². The lowest BCUT2D eigenvalue weighted by Crippen LogP contribution is -2.53. The van der Waals surface area contributed by atoms with Crippen LogP contribution in [-0.2, 0) is 26.2 Å². The number of hydrogen-bond acceptors (Lipinski definition) is 6. The Morgan fingerprint density at radius 3 is 2.29 bits per heavy atom. The van der Waals surface area contributed by atoms with E-state index in [1.807, 2.05) is 0 Å². The van der Waals surface area contributed by atoms with E-state index in [1.165, 1.54) is 47.4 Å². The van der Waals surface area contributed by atoms with Gasteiger partial charge in [-0.25, -0.2) is 12.8 Å². The second-order valence-electron chi connectivity index (χ2n) is 8.28. The first kappa shape index (κ1) is 27.7. The van der Waals surface area contributed by atoms with Crippen molar-refractivity contribution in [3.05, 3.63) is 70.0 Å². The van der Waals surface area contributed by atoms with Gasteiger partial charge in [0.25, 0.3) is 5.69 Å². The minimum atomic E-state index is -4.03. The van der Waals surface area contributed by atoms with Crippen LogP contribution < -0.4 is 9.62 Å². The highest BCUT2D eigenvalue weighted by molar-refractivity contribution is 7.92. The maximum absolute atomic E-state index is 13.5. The van der Waals surface area contributed by atoms with E-state index < -0.39 is 45.2 Å². The number of nitrogens with zero attached hydrogens (tertiary/aromatic N) is 3. The molecule has 35 heavy (non-hydrogen) atoms. The standard InChI is InChI=1S/C23H29FN4O6S/c1-5-21(23(30)25-16(2)3)26(14-17-9-11-18(24)12-10-17)22(29)15-27(35(4,33)34)19-7-6-8-20(13-19)28(31)32/h6-13,16,21H,5,14-15H2,1-4H3,(H,25,30)/t21-/m0/s1. The normalized spacial score (nSPS) is 12.2. The second-order valence-corrected chi connectivity index (χ2v) is 10.2. The molecule has 0 aliphatic rings. The lowest BCUT2D eigenvalue weighted by Gasteiger charge is -2.33. The summed E-state index contributed by atoms with van der Waals surface area (Å²) >= 11 is 0. The third kappa shape index (κ3) is 7.74. The van der Waals surface area contributed by atoms with Gasteiger partial charge in [0, 0.05) is 24.7 Å². The van der Waals surface area contributed by atoms with Gasteiger partial charge in [-0.05, 0) is 44.0 Å². The molecule has 1 N–H and O–H groups in total. The third-order valence-electron chi connectivity index (χ3n) is 5.09. The Morgan fingerprint density at radius 2 is 1.77 bits per heavy atom. The zero-order chi connectivity index (χ0) is 26.3. The molecule has 0 unspecified atom stereocenters. The first-order chi connectivity index (χ1) is 16.3. The fourth-order valence-electron chi connectivity index (χ4n) is 3.46. The topological polar surface area (TPSA) is 130 Å². The number of carbonyl (C=O) groups is 2. The van der Waals surface area contributed by atoms with Gasteiger partial charge in [0.05, 0.1) is 16.9 Å². The van der Waals surface area contributed by atoms with Gasteiger partial charge in [0.2, 0.25) is 21.8 Å². The minimum Gasteiger partial charge on any atom is -0.352 e. The van der Waals surface area contributed by atoms with Crippen LogP contribution in [0.3, 0.4) is 0 Å². The Balaban J connectivity index is 2.47. The van der Waals surface area contributed by atoms with E-state index in [4.69, 9.17) is 0 Å². The third-order valence-corrected chi connectivity index (χ3v) is 6.23. The maximum Gasteiger partial charge on any atom is 0.271 e. The molecular weight excluding hydrogens is 479 g/mol. The number of nitro groups is 1. The van der Waals surface area contributed by atoms with Crippen LogP contribution in [0, 0.1) is 15.9 Å². The molecule has 0 saturated heterocycles. The number of non-ortho nitro benzene ring substituents is 1. The van der Waals surface area contributed by atoms with Gasteiger partial charge in [0.1, 0.15) is 18.4 Å². The molecule has 190 valence electrons. The first-order valence-corrected chi connectivity index (χ1v) is 12.7. The van der Waals surface area contributed by atoms with Crippen molar-refractivity contribution in [1.29, 1.82) is 0 Å². The monoisotopic (exact) mass is 508 g/mol. The molecule has 0 saturated carbocycles. The molecule has 2 rings (SSSR count). The number of halogens is 1. The number of nitro benzene ring substituents is 1. The van der Waals surface area contributed by atoms with Gasteiger partial charge in [-0.3, -0.25) is 24.0 Å². The summed E-state index contributed by atoms with van der Waals surface area (Å²) in [5.74, 6) is -1.58. The predicted octanol–water partition coefficient (Wildman–Crippen LogP) is 2.83. The van der Waals surface area contributed by atoms with Crippen molar-refractivity contribution in [2.24, 2.45) is 0 Å². The molecule has 2 amide bonds. The quantitative estimate of drug-likeness (QED) is 0.367. The van der Waals surface area contributed by atoms with Gasteiger partial charge in [0.15, 0.2) is 0 Å². The fraction of sp³-hybridized carbons (Fsp3) is 0.391. The van der Waals surface area contributed by atoms with E-state index >= 15 is 0 Å². The van der Waals surface area contributed by atoms with Crippen molar-refractivity contribution in [3.63, 3.8) is 0 Å². The van der Waals surface area contributed by atoms with Gasteiger partial charge < -0.3 is 10.2 Å². The van der Waals surface area contributed by atoms with Crippen LogP contribution in [0.2, 0.25) is 0 Å². The van der Waals surface area contributed by atoms with Crippen molar-refractivity contribution in [1.82, 2.24) is 10.2 Å². The number of anilines is 1. The highest BCUT2D eigenvalue weighted by Crippen LogP contribution is 2.24. The molecule has 0 radical (unpaired) electrons. The first-order valence-electron chi connectivity index (χ1n) is 10.9. The van der Waals surface area contributed by atoms with Gasteiger partial charge >= 0.3 is 0 Å². The van der Waals surface area contributed by atoms with Crippen molar-refractivity contribution in [3.8, 4) is 0 Å². The molecule has 0 aliphatic carbocycles. The fourth-order valence-corrected chi connectivity index (χ4v) is 4.30. The van der Waals surface area contributed by atoms with Gasteiger partial charge in [-0.2, -0.15) is 0 Å². The number of nitrogens with one attached hydrogen (secondary N) is 1. The molecule has 2 aromatic carbocycles. The lowest BCUT2D eigenvalue weighted by atomic mass is 10.1. The molecule has 0 aromatic heterocycles. The number of carbonyl (C=O) groups excluding carboxylic acids is 2. The van der Waals surface area contributed by atoms with Crippen molar-refractivity contribution in [2.75, 3.05) is 17.1 Å². The highest BCUT2D eigenvalue weighted by atomic mass is 32.2. The number of benzene rings is 2. The Morgan fingerprint density at radius 1 is 1.14 bits per heavy atom. The van der Waals surface area contributed by atoms with E-state index in [9.17, 15) is 32.5 Å². The molecule has 0 heterocycles. The molecule has 12 heteroatoms. The van der Waals surface area contributed by atoms with Crippen LogP contribution in [0.5, 0.6) is 0 Å². The van der Waals surface area contributed by atoms with Crippen LogP contribution in [0.4, 0.5) is 15.8 Å². The number of amides is 2. The Kier molecular flexibility index (Phi) is 9.29. The number of sulfonamides is 1. The van der Waals surface area contributed by atoms with Crippen molar-refractivity contribution >= 4 is 33.2 Å². The lowest BCUT2D eigenvalue weighted by molar-refractivity contribution is -0.384. The summed E-state index contributed by atoms with van der Waals surface area (Å²) in [6.45, 7) is 4.49. The smallest absolute Gasteiger partial charge is 0.271 e. The zero-order valence-corrected chi connectivity index (χ0v) is 20.8. The molecule has 0 bridgehead atoms. The zero-order valence-electron chi connectivity index (χ0n) is 20.0. The molecule has 1 atom stereocenters. The molecule has 0 spiro atoms. The summed E-state index contributed by atoms with van der Waals surface area (Å²) in [5.41, 5.74) is 0.141. The Hall–Kier alpha value is -3.54. The molecular formula is C23H29FN4O6S. The van der Waals surface area contributed by atoms with Gasteiger partial charge in [-0.1, -0.05) is 25.1 Å². The van der Waals surface area contributed by atoms with Crippen LogP contribution >= 0.6 is 0 Å². The Labute approximate surface area is 203 Å². The molecule has 0 aliphatic heterocycles. The van der Waals surface area contributed by atoms with Crippen LogP contribution in [0.25, 0.3) is 0 Å². The summed E-state index contributed by atoms with van der Waals surface area (Å²) < 4.78 is 39.3. The minimum absolute atomic E-state index is 0.0588. The van der Waals surface area contributed by atoms with Crippen molar-refractivity contribution < 1.29 is 27.3 Å². The van der Waals surface area contributed by atoms with Crippen LogP contribution in [-0.4, -0.2) is 54.9 Å². The second kappa shape index (κ2) is 11.7.